The SMILES string of the molecule is Cc1cc(S(=O)(=O)NCC(N)CC(C)C)sc1Cl. The maximum Gasteiger partial charge on any atom is 0.250 e. The molecule has 4 nitrogen and oxygen atoms in total. The van der Waals surface area contributed by atoms with Gasteiger partial charge in [-0.05, 0) is 30.9 Å². The van der Waals surface area contributed by atoms with Gasteiger partial charge in [-0.1, -0.05) is 25.4 Å². The lowest BCUT2D eigenvalue weighted by molar-refractivity contribution is 0.486. The van der Waals surface area contributed by atoms with Crippen molar-refractivity contribution in [2.24, 2.45) is 11.7 Å². The van der Waals surface area contributed by atoms with Crippen molar-refractivity contribution >= 4 is 33.0 Å². The molecule has 1 unspecified atom stereocenters. The molecule has 1 rings (SSSR count). The van der Waals surface area contributed by atoms with Crippen LogP contribution in [0.3, 0.4) is 0 Å². The Morgan fingerprint density at radius 2 is 2.11 bits per heavy atom. The Bertz CT molecular complexity index is 478. The number of hydrogen-bond donors (Lipinski definition) is 2. The van der Waals surface area contributed by atoms with Crippen molar-refractivity contribution in [1.82, 2.24) is 4.72 Å². The van der Waals surface area contributed by atoms with Crippen LogP contribution in [0.1, 0.15) is 25.8 Å². The average Bonchev–Trinajstić information content (AvgIpc) is 2.56. The van der Waals surface area contributed by atoms with Gasteiger partial charge in [0.15, 0.2) is 0 Å². The summed E-state index contributed by atoms with van der Waals surface area (Å²) in [5, 5.41) is 0. The standard InChI is InChI=1S/C11H19ClN2O2S2/c1-7(2)4-9(13)6-14-18(15,16)10-5-8(3)11(12)17-10/h5,7,9,14H,4,6,13H2,1-3H3. The molecule has 0 radical (unpaired) electrons. The van der Waals surface area contributed by atoms with Crippen molar-refractivity contribution in [2.45, 2.75) is 37.4 Å². The quantitative estimate of drug-likeness (QED) is 0.847. The van der Waals surface area contributed by atoms with Crippen molar-refractivity contribution < 1.29 is 8.42 Å². The van der Waals surface area contributed by atoms with E-state index in [1.807, 2.05) is 0 Å². The van der Waals surface area contributed by atoms with Gasteiger partial charge in [0.1, 0.15) is 4.21 Å². The number of aryl methyl sites for hydroxylation is 1. The van der Waals surface area contributed by atoms with Crippen molar-refractivity contribution in [3.05, 3.63) is 16.0 Å². The maximum absolute atomic E-state index is 12.0. The number of nitrogens with one attached hydrogen (secondary N) is 1. The molecule has 0 saturated heterocycles. The van der Waals surface area contributed by atoms with Crippen LogP contribution in [-0.2, 0) is 10.0 Å². The van der Waals surface area contributed by atoms with E-state index in [0.717, 1.165) is 23.3 Å². The summed E-state index contributed by atoms with van der Waals surface area (Å²) in [6, 6.07) is 1.40. The number of halogens is 1. The summed E-state index contributed by atoms with van der Waals surface area (Å²) in [5.74, 6) is 0.447. The van der Waals surface area contributed by atoms with Crippen LogP contribution in [0.5, 0.6) is 0 Å². The van der Waals surface area contributed by atoms with E-state index >= 15 is 0 Å². The predicted molar refractivity (Wildman–Crippen MR) is 76.7 cm³/mol. The maximum atomic E-state index is 12.0. The summed E-state index contributed by atoms with van der Waals surface area (Å²) >= 11 is 6.93. The van der Waals surface area contributed by atoms with Crippen LogP contribution in [0.15, 0.2) is 10.3 Å². The Balaban J connectivity index is 2.66. The van der Waals surface area contributed by atoms with Crippen LogP contribution in [-0.4, -0.2) is 21.0 Å². The fourth-order valence-electron chi connectivity index (χ4n) is 1.54. The molecule has 0 aliphatic heterocycles. The topological polar surface area (TPSA) is 72.2 Å². The lowest BCUT2D eigenvalue weighted by Crippen LogP contribution is -2.37. The van der Waals surface area contributed by atoms with Gasteiger partial charge >= 0.3 is 0 Å². The number of thiophene rings is 1. The molecule has 1 aromatic rings. The summed E-state index contributed by atoms with van der Waals surface area (Å²) in [5.41, 5.74) is 6.62. The van der Waals surface area contributed by atoms with Crippen molar-refractivity contribution in [1.29, 1.82) is 0 Å². The van der Waals surface area contributed by atoms with Gasteiger partial charge in [-0.25, -0.2) is 13.1 Å². The highest BCUT2D eigenvalue weighted by molar-refractivity contribution is 7.91. The van der Waals surface area contributed by atoms with Crippen molar-refractivity contribution in [3.63, 3.8) is 0 Å². The Morgan fingerprint density at radius 3 is 2.56 bits per heavy atom. The van der Waals surface area contributed by atoms with E-state index < -0.39 is 10.0 Å². The first-order chi connectivity index (χ1) is 8.22. The number of hydrogen-bond acceptors (Lipinski definition) is 4. The summed E-state index contributed by atoms with van der Waals surface area (Å²) in [6.07, 6.45) is 0.784. The first-order valence-electron chi connectivity index (χ1n) is 5.73. The molecule has 0 bridgehead atoms. The van der Waals surface area contributed by atoms with Gasteiger partial charge in [0.2, 0.25) is 10.0 Å². The molecule has 0 spiro atoms. The van der Waals surface area contributed by atoms with Crippen molar-refractivity contribution in [2.75, 3.05) is 6.54 Å². The van der Waals surface area contributed by atoms with Crippen molar-refractivity contribution in [3.8, 4) is 0 Å². The molecule has 1 atom stereocenters. The molecule has 104 valence electrons. The number of nitrogens with two attached hydrogens (primary N) is 1. The van der Waals surface area contributed by atoms with Gasteiger partial charge < -0.3 is 5.73 Å². The average molecular weight is 311 g/mol. The van der Waals surface area contributed by atoms with E-state index in [-0.39, 0.29) is 16.8 Å². The molecule has 0 aliphatic carbocycles. The molecule has 0 fully saturated rings. The molecule has 0 amide bonds. The van der Waals surface area contributed by atoms with E-state index in [0.29, 0.717) is 10.3 Å². The molecule has 1 heterocycles. The number of rotatable bonds is 6. The van der Waals surface area contributed by atoms with E-state index in [1.54, 1.807) is 13.0 Å². The molecule has 0 saturated carbocycles. The molecule has 0 aliphatic rings. The molecule has 1 aromatic heterocycles. The fourth-order valence-corrected chi connectivity index (χ4v) is 4.39. The molecular formula is C11H19ClN2O2S2. The first kappa shape index (κ1) is 15.9. The van der Waals surface area contributed by atoms with E-state index in [1.165, 1.54) is 0 Å². The van der Waals surface area contributed by atoms with Crippen LogP contribution in [0, 0.1) is 12.8 Å². The molecule has 0 aromatic carbocycles. The number of sulfonamides is 1. The third-order valence-electron chi connectivity index (χ3n) is 2.41. The highest BCUT2D eigenvalue weighted by atomic mass is 35.5. The second-order valence-electron chi connectivity index (χ2n) is 4.76. The summed E-state index contributed by atoms with van der Waals surface area (Å²) < 4.78 is 27.2. The van der Waals surface area contributed by atoms with Crippen LogP contribution >= 0.6 is 22.9 Å². The largest absolute Gasteiger partial charge is 0.327 e. The summed E-state index contributed by atoms with van der Waals surface area (Å²) in [4.78, 5) is 0. The van der Waals surface area contributed by atoms with Crippen LogP contribution in [0.2, 0.25) is 4.34 Å². The van der Waals surface area contributed by atoms with E-state index in [9.17, 15) is 8.42 Å². The Hall–Kier alpha value is -0.140. The highest BCUT2D eigenvalue weighted by Crippen LogP contribution is 2.29. The van der Waals surface area contributed by atoms with Gasteiger partial charge in [-0.15, -0.1) is 11.3 Å². The van der Waals surface area contributed by atoms with Crippen LogP contribution in [0.25, 0.3) is 0 Å². The Morgan fingerprint density at radius 1 is 1.50 bits per heavy atom. The third-order valence-corrected chi connectivity index (χ3v) is 5.86. The zero-order valence-corrected chi connectivity index (χ0v) is 13.1. The fraction of sp³-hybridized carbons (Fsp3) is 0.636. The Kier molecular flexibility index (Phi) is 5.61. The van der Waals surface area contributed by atoms with E-state index in [4.69, 9.17) is 17.3 Å². The lowest BCUT2D eigenvalue weighted by atomic mass is 10.1. The normalized spacial score (nSPS) is 14.1. The zero-order chi connectivity index (χ0) is 13.9. The van der Waals surface area contributed by atoms with Gasteiger partial charge in [0.05, 0.1) is 4.34 Å². The third kappa shape index (κ3) is 4.51. The molecule has 7 heteroatoms. The molecule has 18 heavy (non-hydrogen) atoms. The molecular weight excluding hydrogens is 292 g/mol. The summed E-state index contributed by atoms with van der Waals surface area (Å²) in [6.45, 7) is 6.13. The van der Waals surface area contributed by atoms with E-state index in [2.05, 4.69) is 18.6 Å². The van der Waals surface area contributed by atoms with Gasteiger partial charge in [0, 0.05) is 12.6 Å². The first-order valence-corrected chi connectivity index (χ1v) is 8.41. The lowest BCUT2D eigenvalue weighted by Gasteiger charge is -2.14. The predicted octanol–water partition coefficient (Wildman–Crippen LogP) is 2.36. The van der Waals surface area contributed by atoms with Gasteiger partial charge in [-0.3, -0.25) is 0 Å². The monoisotopic (exact) mass is 310 g/mol. The minimum Gasteiger partial charge on any atom is -0.327 e. The summed E-state index contributed by atoms with van der Waals surface area (Å²) in [7, 11) is -3.49. The van der Waals surface area contributed by atoms with Gasteiger partial charge in [0.25, 0.3) is 0 Å². The van der Waals surface area contributed by atoms with Gasteiger partial charge in [-0.2, -0.15) is 0 Å². The zero-order valence-electron chi connectivity index (χ0n) is 10.7. The molecule has 3 N–H and O–H groups in total. The smallest absolute Gasteiger partial charge is 0.250 e. The second kappa shape index (κ2) is 6.34. The highest BCUT2D eigenvalue weighted by Gasteiger charge is 2.19. The second-order valence-corrected chi connectivity index (χ2v) is 8.41. The minimum absolute atomic E-state index is 0.170. The Labute approximate surface area is 118 Å². The van der Waals surface area contributed by atoms with Crippen LogP contribution < -0.4 is 10.5 Å². The minimum atomic E-state index is -3.49. The van der Waals surface area contributed by atoms with Crippen LogP contribution in [0.4, 0.5) is 0 Å².